The lowest BCUT2D eigenvalue weighted by Gasteiger charge is -2.16. The molecule has 0 bridgehead atoms. The molecular weight excluding hydrogens is 249 g/mol. The minimum Gasteiger partial charge on any atom is -0.377 e. The highest BCUT2D eigenvalue weighted by Gasteiger charge is 2.35. The van der Waals surface area contributed by atoms with Crippen molar-refractivity contribution in [1.29, 1.82) is 0 Å². The van der Waals surface area contributed by atoms with Crippen molar-refractivity contribution in [2.24, 2.45) is 0 Å². The van der Waals surface area contributed by atoms with Crippen LogP contribution in [0.5, 0.6) is 0 Å². The summed E-state index contributed by atoms with van der Waals surface area (Å²) in [6, 6.07) is 4.40. The number of rotatable bonds is 3. The molecule has 1 aromatic carbocycles. The van der Waals surface area contributed by atoms with Crippen molar-refractivity contribution in [3.05, 3.63) is 35.1 Å². The first-order valence-corrected chi connectivity index (χ1v) is 6.17. The second-order valence-corrected chi connectivity index (χ2v) is 4.72. The van der Waals surface area contributed by atoms with Gasteiger partial charge in [0.15, 0.2) is 0 Å². The minimum atomic E-state index is -0.303. The summed E-state index contributed by atoms with van der Waals surface area (Å²) in [6.07, 6.45) is -0.231. The van der Waals surface area contributed by atoms with E-state index in [1.807, 2.05) is 0 Å². The summed E-state index contributed by atoms with van der Waals surface area (Å²) in [6.45, 7) is 2.63. The monoisotopic (exact) mass is 267 g/mol. The molecule has 1 saturated heterocycles. The molecule has 1 fully saturated rings. The van der Waals surface area contributed by atoms with Crippen LogP contribution >= 0.6 is 0 Å². The highest BCUT2D eigenvalue weighted by molar-refractivity contribution is 5.94. The Hall–Kier alpha value is -1.46. The van der Waals surface area contributed by atoms with Gasteiger partial charge in [0.1, 0.15) is 18.0 Å². The van der Waals surface area contributed by atoms with Crippen LogP contribution in [0.2, 0.25) is 0 Å². The molecule has 2 atom stereocenters. The van der Waals surface area contributed by atoms with Gasteiger partial charge in [-0.2, -0.15) is 0 Å². The van der Waals surface area contributed by atoms with E-state index in [4.69, 9.17) is 9.47 Å². The van der Waals surface area contributed by atoms with Crippen LogP contribution in [0.25, 0.3) is 0 Å². The lowest BCUT2D eigenvalue weighted by atomic mass is 10.1. The highest BCUT2D eigenvalue weighted by atomic mass is 19.1. The molecule has 1 amide bonds. The van der Waals surface area contributed by atoms with Crippen LogP contribution < -0.4 is 0 Å². The van der Waals surface area contributed by atoms with Crippen LogP contribution in [-0.4, -0.2) is 50.3 Å². The molecule has 0 aliphatic carbocycles. The topological polar surface area (TPSA) is 38.8 Å². The number of aryl methyl sites for hydroxylation is 1. The predicted molar refractivity (Wildman–Crippen MR) is 68.6 cm³/mol. The molecule has 0 spiro atoms. The third-order valence-corrected chi connectivity index (χ3v) is 3.51. The SMILES string of the molecule is COC1CN(C(=O)c2ccc(F)c(C)c2)CC1OC. The van der Waals surface area contributed by atoms with Gasteiger partial charge in [0, 0.05) is 32.9 Å². The number of halogens is 1. The zero-order valence-corrected chi connectivity index (χ0v) is 11.4. The van der Waals surface area contributed by atoms with Gasteiger partial charge in [0.25, 0.3) is 5.91 Å². The van der Waals surface area contributed by atoms with Crippen molar-refractivity contribution in [2.45, 2.75) is 19.1 Å². The maximum Gasteiger partial charge on any atom is 0.254 e. The molecule has 4 nitrogen and oxygen atoms in total. The van der Waals surface area contributed by atoms with E-state index >= 15 is 0 Å². The summed E-state index contributed by atoms with van der Waals surface area (Å²) >= 11 is 0. The predicted octanol–water partition coefficient (Wildman–Crippen LogP) is 1.62. The van der Waals surface area contributed by atoms with Gasteiger partial charge in [-0.15, -0.1) is 0 Å². The molecule has 1 aromatic rings. The number of nitrogens with zero attached hydrogens (tertiary/aromatic N) is 1. The van der Waals surface area contributed by atoms with Crippen molar-refractivity contribution < 1.29 is 18.7 Å². The zero-order valence-electron chi connectivity index (χ0n) is 11.4. The number of likely N-dealkylation sites (tertiary alicyclic amines) is 1. The Balaban J connectivity index is 2.14. The number of carbonyl (C=O) groups is 1. The third kappa shape index (κ3) is 2.77. The molecular formula is C14H18FNO3. The molecule has 2 rings (SSSR count). The van der Waals surface area contributed by atoms with Gasteiger partial charge in [0.2, 0.25) is 0 Å². The van der Waals surface area contributed by atoms with Gasteiger partial charge in [-0.3, -0.25) is 4.79 Å². The summed E-state index contributed by atoms with van der Waals surface area (Å²) in [5, 5.41) is 0. The van der Waals surface area contributed by atoms with Crippen molar-refractivity contribution in [2.75, 3.05) is 27.3 Å². The number of hydrogen-bond acceptors (Lipinski definition) is 3. The van der Waals surface area contributed by atoms with E-state index in [0.29, 0.717) is 24.2 Å². The van der Waals surface area contributed by atoms with Crippen LogP contribution in [0.4, 0.5) is 4.39 Å². The second-order valence-electron chi connectivity index (χ2n) is 4.72. The molecule has 0 N–H and O–H groups in total. The van der Waals surface area contributed by atoms with E-state index in [-0.39, 0.29) is 23.9 Å². The van der Waals surface area contributed by atoms with E-state index < -0.39 is 0 Å². The summed E-state index contributed by atoms with van der Waals surface area (Å²) in [7, 11) is 3.21. The lowest BCUT2D eigenvalue weighted by molar-refractivity contribution is -0.00461. The van der Waals surface area contributed by atoms with E-state index in [2.05, 4.69) is 0 Å². The average molecular weight is 267 g/mol. The first-order chi connectivity index (χ1) is 9.06. The van der Waals surface area contributed by atoms with Gasteiger partial charge in [-0.1, -0.05) is 0 Å². The van der Waals surface area contributed by atoms with Gasteiger partial charge >= 0.3 is 0 Å². The fourth-order valence-corrected chi connectivity index (χ4v) is 2.32. The zero-order chi connectivity index (χ0) is 14.0. The lowest BCUT2D eigenvalue weighted by Crippen LogP contribution is -2.30. The Morgan fingerprint density at radius 1 is 1.26 bits per heavy atom. The number of amides is 1. The quantitative estimate of drug-likeness (QED) is 0.835. The maximum atomic E-state index is 13.2. The molecule has 1 aliphatic rings. The average Bonchev–Trinajstić information content (AvgIpc) is 2.84. The summed E-state index contributed by atoms with van der Waals surface area (Å²) in [5.74, 6) is -0.424. The van der Waals surface area contributed by atoms with Gasteiger partial charge < -0.3 is 14.4 Å². The molecule has 1 heterocycles. The van der Waals surface area contributed by atoms with Crippen LogP contribution in [0, 0.1) is 12.7 Å². The van der Waals surface area contributed by atoms with Gasteiger partial charge in [-0.25, -0.2) is 4.39 Å². The van der Waals surface area contributed by atoms with Crippen LogP contribution in [0.15, 0.2) is 18.2 Å². The Bertz CT molecular complexity index is 466. The summed E-state index contributed by atoms with van der Waals surface area (Å²) in [5.41, 5.74) is 0.960. The third-order valence-electron chi connectivity index (χ3n) is 3.51. The van der Waals surface area contributed by atoms with Gasteiger partial charge in [0.05, 0.1) is 0 Å². The first kappa shape index (κ1) is 14.0. The van der Waals surface area contributed by atoms with Crippen molar-refractivity contribution >= 4 is 5.91 Å². The number of methoxy groups -OCH3 is 2. The molecule has 0 radical (unpaired) electrons. The molecule has 2 unspecified atom stereocenters. The van der Waals surface area contributed by atoms with Crippen molar-refractivity contribution in [1.82, 2.24) is 4.90 Å². The number of ether oxygens (including phenoxy) is 2. The number of hydrogen-bond donors (Lipinski definition) is 0. The second kappa shape index (κ2) is 5.67. The summed E-state index contributed by atoms with van der Waals surface area (Å²) in [4.78, 5) is 14.0. The van der Waals surface area contributed by atoms with Crippen molar-refractivity contribution in [3.63, 3.8) is 0 Å². The van der Waals surface area contributed by atoms with E-state index in [9.17, 15) is 9.18 Å². The summed E-state index contributed by atoms with van der Waals surface area (Å²) < 4.78 is 23.8. The normalized spacial score (nSPS) is 22.8. The largest absolute Gasteiger partial charge is 0.377 e. The van der Waals surface area contributed by atoms with E-state index in [1.165, 1.54) is 12.1 Å². The Morgan fingerprint density at radius 2 is 1.84 bits per heavy atom. The standard InChI is InChI=1S/C14H18FNO3/c1-9-6-10(4-5-11(9)15)14(17)16-7-12(18-2)13(8-16)19-3/h4-6,12-13H,7-8H2,1-3H3. The highest BCUT2D eigenvalue weighted by Crippen LogP contribution is 2.19. The number of carbonyl (C=O) groups excluding carboxylic acids is 1. The molecule has 0 aromatic heterocycles. The van der Waals surface area contributed by atoms with Crippen LogP contribution in [0.1, 0.15) is 15.9 Å². The molecule has 0 saturated carbocycles. The fraction of sp³-hybridized carbons (Fsp3) is 0.500. The maximum absolute atomic E-state index is 13.2. The molecule has 19 heavy (non-hydrogen) atoms. The Labute approximate surface area is 112 Å². The van der Waals surface area contributed by atoms with E-state index in [0.717, 1.165) is 0 Å². The van der Waals surface area contributed by atoms with E-state index in [1.54, 1.807) is 32.1 Å². The van der Waals surface area contributed by atoms with Crippen molar-refractivity contribution in [3.8, 4) is 0 Å². The molecule has 1 aliphatic heterocycles. The minimum absolute atomic E-state index is 0.115. The van der Waals surface area contributed by atoms with Crippen LogP contribution in [-0.2, 0) is 9.47 Å². The van der Waals surface area contributed by atoms with Gasteiger partial charge in [-0.05, 0) is 30.7 Å². The molecule has 5 heteroatoms. The number of benzene rings is 1. The molecule has 104 valence electrons. The smallest absolute Gasteiger partial charge is 0.254 e. The fourth-order valence-electron chi connectivity index (χ4n) is 2.32. The van der Waals surface area contributed by atoms with Crippen LogP contribution in [0.3, 0.4) is 0 Å². The first-order valence-electron chi connectivity index (χ1n) is 6.17. The Kier molecular flexibility index (Phi) is 4.17. The Morgan fingerprint density at radius 3 is 2.32 bits per heavy atom.